The van der Waals surface area contributed by atoms with Gasteiger partial charge in [-0.3, -0.25) is 4.79 Å². The maximum atomic E-state index is 12.7. The molecule has 0 atom stereocenters. The first-order valence-electron chi connectivity index (χ1n) is 6.66. The van der Waals surface area contributed by atoms with Crippen molar-refractivity contribution in [1.82, 2.24) is 4.90 Å². The van der Waals surface area contributed by atoms with Crippen molar-refractivity contribution in [2.75, 3.05) is 25.5 Å². The van der Waals surface area contributed by atoms with E-state index in [0.29, 0.717) is 19.8 Å². The third-order valence-electron chi connectivity index (χ3n) is 3.64. The second kappa shape index (κ2) is 4.75. The number of carbonyl (C=O) groups is 1. The van der Waals surface area contributed by atoms with Crippen molar-refractivity contribution < 1.29 is 9.53 Å². The van der Waals surface area contributed by atoms with Crippen LogP contribution in [-0.4, -0.2) is 36.1 Å². The number of thiophene rings is 1. The molecule has 0 bridgehead atoms. The number of ether oxygens (including phenoxy) is 1. The van der Waals surface area contributed by atoms with E-state index in [0.717, 1.165) is 20.7 Å². The molecule has 0 spiro atoms. The Labute approximate surface area is 122 Å². The summed E-state index contributed by atoms with van der Waals surface area (Å²) in [5.74, 6) is 0.0815. The second-order valence-electron chi connectivity index (χ2n) is 5.73. The molecule has 1 saturated heterocycles. The summed E-state index contributed by atoms with van der Waals surface area (Å²) in [6.07, 6.45) is 0. The van der Waals surface area contributed by atoms with Crippen molar-refractivity contribution in [3.63, 3.8) is 0 Å². The summed E-state index contributed by atoms with van der Waals surface area (Å²) in [6, 6.07) is 7.68. The lowest BCUT2D eigenvalue weighted by Gasteiger charge is -2.41. The van der Waals surface area contributed by atoms with E-state index in [9.17, 15) is 4.79 Å². The van der Waals surface area contributed by atoms with Gasteiger partial charge in [-0.15, -0.1) is 11.3 Å². The minimum absolute atomic E-state index is 0.0815. The van der Waals surface area contributed by atoms with Gasteiger partial charge in [-0.05, 0) is 43.5 Å². The van der Waals surface area contributed by atoms with Crippen LogP contribution in [-0.2, 0) is 4.74 Å². The zero-order chi connectivity index (χ0) is 14.3. The van der Waals surface area contributed by atoms with Crippen molar-refractivity contribution in [2.24, 2.45) is 0 Å². The molecule has 20 heavy (non-hydrogen) atoms. The number of carbonyl (C=O) groups excluding carboxylic acids is 1. The number of hydrogen-bond donors (Lipinski definition) is 1. The third kappa shape index (κ3) is 2.27. The average Bonchev–Trinajstić information content (AvgIpc) is 2.80. The van der Waals surface area contributed by atoms with Gasteiger partial charge >= 0.3 is 0 Å². The number of fused-ring (bicyclic) bond motifs is 1. The van der Waals surface area contributed by atoms with E-state index in [1.54, 1.807) is 0 Å². The summed E-state index contributed by atoms with van der Waals surface area (Å²) in [4.78, 5) is 15.4. The number of morpholine rings is 1. The Morgan fingerprint density at radius 2 is 2.20 bits per heavy atom. The Kier molecular flexibility index (Phi) is 3.18. The number of rotatable bonds is 1. The first-order chi connectivity index (χ1) is 9.47. The topological polar surface area (TPSA) is 55.6 Å². The minimum atomic E-state index is -0.259. The summed E-state index contributed by atoms with van der Waals surface area (Å²) >= 11 is 1.52. The van der Waals surface area contributed by atoms with Gasteiger partial charge in [-0.1, -0.05) is 0 Å². The van der Waals surface area contributed by atoms with Crippen molar-refractivity contribution in [2.45, 2.75) is 19.4 Å². The van der Waals surface area contributed by atoms with Gasteiger partial charge < -0.3 is 15.4 Å². The molecule has 1 aliphatic heterocycles. The molecule has 2 heterocycles. The zero-order valence-electron chi connectivity index (χ0n) is 11.7. The standard InChI is InChI=1S/C15H18N2O2S/c1-15(2)9-19-6-5-17(15)14(18)13-8-10-7-11(16)3-4-12(10)20-13/h3-4,7-8H,5-6,9,16H2,1-2H3. The van der Waals surface area contributed by atoms with Gasteiger partial charge in [0.1, 0.15) is 0 Å². The quantitative estimate of drug-likeness (QED) is 0.822. The lowest BCUT2D eigenvalue weighted by Crippen LogP contribution is -2.55. The molecule has 1 aliphatic rings. The lowest BCUT2D eigenvalue weighted by molar-refractivity contribution is -0.0368. The van der Waals surface area contributed by atoms with Crippen LogP contribution >= 0.6 is 11.3 Å². The Morgan fingerprint density at radius 3 is 2.95 bits per heavy atom. The Balaban J connectivity index is 1.95. The van der Waals surface area contributed by atoms with E-state index < -0.39 is 0 Å². The molecule has 0 saturated carbocycles. The highest BCUT2D eigenvalue weighted by molar-refractivity contribution is 7.20. The molecule has 2 aromatic rings. The van der Waals surface area contributed by atoms with Crippen molar-refractivity contribution in [3.8, 4) is 0 Å². The van der Waals surface area contributed by atoms with Crippen LogP contribution in [0.5, 0.6) is 0 Å². The molecule has 0 aliphatic carbocycles. The van der Waals surface area contributed by atoms with Crippen LogP contribution in [0.2, 0.25) is 0 Å². The summed E-state index contributed by atoms with van der Waals surface area (Å²) < 4.78 is 6.56. The van der Waals surface area contributed by atoms with E-state index in [1.165, 1.54) is 11.3 Å². The lowest BCUT2D eigenvalue weighted by atomic mass is 10.0. The smallest absolute Gasteiger partial charge is 0.264 e. The number of amides is 1. The predicted octanol–water partition coefficient (Wildman–Crippen LogP) is 2.73. The third-order valence-corrected chi connectivity index (χ3v) is 4.75. The normalized spacial score (nSPS) is 18.4. The molecule has 2 N–H and O–H groups in total. The monoisotopic (exact) mass is 290 g/mol. The van der Waals surface area contributed by atoms with Crippen LogP contribution in [0, 0.1) is 0 Å². The van der Waals surface area contributed by atoms with Crippen molar-refractivity contribution in [3.05, 3.63) is 29.1 Å². The minimum Gasteiger partial charge on any atom is -0.399 e. The Hall–Kier alpha value is -1.59. The molecule has 1 fully saturated rings. The first kappa shape index (κ1) is 13.4. The molecule has 0 radical (unpaired) electrons. The summed E-state index contributed by atoms with van der Waals surface area (Å²) in [6.45, 7) is 5.90. The Morgan fingerprint density at radius 1 is 1.40 bits per heavy atom. The number of nitrogen functional groups attached to an aromatic ring is 1. The molecular weight excluding hydrogens is 272 g/mol. The number of nitrogens with two attached hydrogens (primary N) is 1. The molecule has 1 aromatic heterocycles. The Bertz CT molecular complexity index is 663. The predicted molar refractivity (Wildman–Crippen MR) is 82.2 cm³/mol. The van der Waals surface area contributed by atoms with Crippen LogP contribution in [0.4, 0.5) is 5.69 Å². The highest BCUT2D eigenvalue weighted by Gasteiger charge is 2.35. The highest BCUT2D eigenvalue weighted by Crippen LogP contribution is 2.30. The van der Waals surface area contributed by atoms with E-state index in [1.807, 2.05) is 43.0 Å². The fraction of sp³-hybridized carbons (Fsp3) is 0.400. The zero-order valence-corrected chi connectivity index (χ0v) is 12.5. The van der Waals surface area contributed by atoms with Gasteiger partial charge in [-0.2, -0.15) is 0 Å². The van der Waals surface area contributed by atoms with Gasteiger partial charge in [0, 0.05) is 16.9 Å². The highest BCUT2D eigenvalue weighted by atomic mass is 32.1. The van der Waals surface area contributed by atoms with Gasteiger partial charge in [0.05, 0.1) is 23.6 Å². The maximum Gasteiger partial charge on any atom is 0.264 e. The molecule has 3 rings (SSSR count). The maximum absolute atomic E-state index is 12.7. The molecule has 1 amide bonds. The SMILES string of the molecule is CC1(C)COCCN1C(=O)c1cc2cc(N)ccc2s1. The summed E-state index contributed by atoms with van der Waals surface area (Å²) in [5, 5.41) is 1.03. The van der Waals surface area contributed by atoms with Crippen molar-refractivity contribution >= 4 is 33.0 Å². The van der Waals surface area contributed by atoms with Crippen LogP contribution in [0.1, 0.15) is 23.5 Å². The number of hydrogen-bond acceptors (Lipinski definition) is 4. The van der Waals surface area contributed by atoms with Crippen LogP contribution in [0.3, 0.4) is 0 Å². The fourth-order valence-corrected chi connectivity index (χ4v) is 3.53. The molecule has 0 unspecified atom stereocenters. The van der Waals surface area contributed by atoms with E-state index >= 15 is 0 Å². The fourth-order valence-electron chi connectivity index (χ4n) is 2.54. The van der Waals surface area contributed by atoms with Crippen LogP contribution < -0.4 is 5.73 Å². The molecular formula is C15H18N2O2S. The molecule has 106 valence electrons. The number of anilines is 1. The first-order valence-corrected chi connectivity index (χ1v) is 7.48. The van der Waals surface area contributed by atoms with E-state index in [2.05, 4.69) is 0 Å². The molecule has 4 nitrogen and oxygen atoms in total. The molecule has 1 aromatic carbocycles. The van der Waals surface area contributed by atoms with Crippen LogP contribution in [0.15, 0.2) is 24.3 Å². The number of nitrogens with zero attached hydrogens (tertiary/aromatic N) is 1. The van der Waals surface area contributed by atoms with Gasteiger partial charge in [0.25, 0.3) is 5.91 Å². The number of benzene rings is 1. The van der Waals surface area contributed by atoms with Gasteiger partial charge in [-0.25, -0.2) is 0 Å². The van der Waals surface area contributed by atoms with E-state index in [-0.39, 0.29) is 11.4 Å². The van der Waals surface area contributed by atoms with Gasteiger partial charge in [0.2, 0.25) is 0 Å². The largest absolute Gasteiger partial charge is 0.399 e. The van der Waals surface area contributed by atoms with Crippen LogP contribution in [0.25, 0.3) is 10.1 Å². The summed E-state index contributed by atoms with van der Waals surface area (Å²) in [5.41, 5.74) is 6.25. The average molecular weight is 290 g/mol. The molecule has 5 heteroatoms. The van der Waals surface area contributed by atoms with Crippen molar-refractivity contribution in [1.29, 1.82) is 0 Å². The summed E-state index contributed by atoms with van der Waals surface area (Å²) in [7, 11) is 0. The second-order valence-corrected chi connectivity index (χ2v) is 6.81. The van der Waals surface area contributed by atoms with E-state index in [4.69, 9.17) is 10.5 Å². The van der Waals surface area contributed by atoms with Gasteiger partial charge in [0.15, 0.2) is 0 Å².